The van der Waals surface area contributed by atoms with Gasteiger partial charge < -0.3 is 19.1 Å². The molecule has 0 spiro atoms. The third kappa shape index (κ3) is 4.51. The number of likely N-dealkylation sites (N-methyl/N-ethyl adjacent to an activating group) is 1. The van der Waals surface area contributed by atoms with Gasteiger partial charge in [0.05, 0.1) is 19.8 Å². The molecule has 0 radical (unpaired) electrons. The molecule has 1 aromatic heterocycles. The molecule has 1 atom stereocenters. The number of carbonyl (C=O) groups is 1. The second kappa shape index (κ2) is 8.96. The first kappa shape index (κ1) is 18.6. The number of benzene rings is 1. The molecule has 0 N–H and O–H groups in total. The predicted molar refractivity (Wildman–Crippen MR) is 99.2 cm³/mol. The molecular weight excluding hydrogens is 332 g/mol. The number of fused-ring (bicyclic) bond motifs is 1. The van der Waals surface area contributed by atoms with Crippen LogP contribution in [0.1, 0.15) is 24.8 Å². The van der Waals surface area contributed by atoms with Crippen molar-refractivity contribution in [3.63, 3.8) is 0 Å². The van der Waals surface area contributed by atoms with E-state index in [-0.39, 0.29) is 18.6 Å². The maximum atomic E-state index is 12.4. The van der Waals surface area contributed by atoms with Crippen LogP contribution in [0.3, 0.4) is 0 Å². The minimum Gasteiger partial charge on any atom is -0.494 e. The number of amides is 1. The summed E-state index contributed by atoms with van der Waals surface area (Å²) >= 11 is 0. The highest BCUT2D eigenvalue weighted by Gasteiger charge is 2.16. The molecule has 1 fully saturated rings. The van der Waals surface area contributed by atoms with Gasteiger partial charge in [-0.15, -0.1) is 0 Å². The van der Waals surface area contributed by atoms with Crippen molar-refractivity contribution >= 4 is 16.8 Å². The molecule has 6 heteroatoms. The number of pyridine rings is 1. The van der Waals surface area contributed by atoms with Crippen molar-refractivity contribution in [3.8, 4) is 5.75 Å². The molecule has 2 aromatic rings. The Morgan fingerprint density at radius 1 is 1.35 bits per heavy atom. The van der Waals surface area contributed by atoms with E-state index in [1.807, 2.05) is 24.3 Å². The second-order valence-corrected chi connectivity index (χ2v) is 6.58. The van der Waals surface area contributed by atoms with E-state index in [9.17, 15) is 4.79 Å². The Labute approximate surface area is 154 Å². The van der Waals surface area contributed by atoms with Crippen LogP contribution in [0.25, 0.3) is 10.9 Å². The molecule has 0 unspecified atom stereocenters. The highest BCUT2D eigenvalue weighted by molar-refractivity contribution is 5.88. The van der Waals surface area contributed by atoms with Crippen LogP contribution < -0.4 is 4.74 Å². The fraction of sp³-hybridized carbons (Fsp3) is 0.500. The first-order chi connectivity index (χ1) is 12.7. The highest BCUT2D eigenvalue weighted by Crippen LogP contribution is 2.27. The number of hydrogen-bond acceptors (Lipinski definition) is 5. The van der Waals surface area contributed by atoms with Gasteiger partial charge in [0.25, 0.3) is 0 Å². The number of hydrogen-bond donors (Lipinski definition) is 0. The zero-order valence-corrected chi connectivity index (χ0v) is 15.4. The number of carbonyl (C=O) groups excluding carboxylic acids is 1. The fourth-order valence-corrected chi connectivity index (χ4v) is 3.18. The zero-order valence-electron chi connectivity index (χ0n) is 15.4. The van der Waals surface area contributed by atoms with Crippen molar-refractivity contribution in [2.75, 3.05) is 34.0 Å². The van der Waals surface area contributed by atoms with E-state index in [0.29, 0.717) is 13.2 Å². The smallest absolute Gasteiger partial charge is 0.248 e. The molecule has 0 saturated carbocycles. The Bertz CT molecular complexity index is 744. The Balaban J connectivity index is 1.58. The van der Waals surface area contributed by atoms with E-state index in [0.717, 1.165) is 41.7 Å². The molecule has 1 aromatic carbocycles. The Morgan fingerprint density at radius 2 is 2.23 bits per heavy atom. The summed E-state index contributed by atoms with van der Waals surface area (Å²) in [4.78, 5) is 18.4. The van der Waals surface area contributed by atoms with Crippen LogP contribution in [0, 0.1) is 0 Å². The van der Waals surface area contributed by atoms with Crippen LogP contribution >= 0.6 is 0 Å². The average molecular weight is 358 g/mol. The zero-order chi connectivity index (χ0) is 18.4. The van der Waals surface area contributed by atoms with Gasteiger partial charge in [0.1, 0.15) is 17.9 Å². The normalized spacial score (nSPS) is 17.2. The maximum absolute atomic E-state index is 12.4. The summed E-state index contributed by atoms with van der Waals surface area (Å²) in [6.45, 7) is 1.84. The van der Waals surface area contributed by atoms with Crippen LogP contribution in [0.15, 0.2) is 30.5 Å². The summed E-state index contributed by atoms with van der Waals surface area (Å²) in [5, 5.41) is 0.989. The summed E-state index contributed by atoms with van der Waals surface area (Å²) < 4.78 is 16.6. The van der Waals surface area contributed by atoms with Gasteiger partial charge in [0.15, 0.2) is 0 Å². The highest BCUT2D eigenvalue weighted by atomic mass is 16.5. The van der Waals surface area contributed by atoms with Crippen LogP contribution in [0.5, 0.6) is 5.75 Å². The minimum atomic E-state index is -0.0475. The van der Waals surface area contributed by atoms with Crippen molar-refractivity contribution in [2.24, 2.45) is 0 Å². The van der Waals surface area contributed by atoms with Crippen LogP contribution in [-0.4, -0.2) is 55.9 Å². The molecular formula is C20H26N2O4. The molecule has 1 saturated heterocycles. The summed E-state index contributed by atoms with van der Waals surface area (Å²) in [5.74, 6) is 0.683. The summed E-state index contributed by atoms with van der Waals surface area (Å²) in [7, 11) is 3.42. The van der Waals surface area contributed by atoms with Gasteiger partial charge in [0, 0.05) is 31.8 Å². The SMILES string of the molecule is COc1ccc(CN(C)C(=O)COC[C@H]2CCCCO2)c2cccnc12. The third-order valence-electron chi connectivity index (χ3n) is 4.68. The van der Waals surface area contributed by atoms with E-state index in [4.69, 9.17) is 14.2 Å². The third-order valence-corrected chi connectivity index (χ3v) is 4.68. The lowest BCUT2D eigenvalue weighted by Gasteiger charge is -2.23. The number of aromatic nitrogens is 1. The van der Waals surface area contributed by atoms with Crippen LogP contribution in [0.2, 0.25) is 0 Å². The Kier molecular flexibility index (Phi) is 6.41. The molecule has 1 aliphatic rings. The van der Waals surface area contributed by atoms with Crippen LogP contribution in [-0.2, 0) is 20.8 Å². The van der Waals surface area contributed by atoms with E-state index >= 15 is 0 Å². The van der Waals surface area contributed by atoms with Crippen molar-refractivity contribution in [1.29, 1.82) is 0 Å². The quantitative estimate of drug-likeness (QED) is 0.762. The topological polar surface area (TPSA) is 60.9 Å². The largest absolute Gasteiger partial charge is 0.494 e. The van der Waals surface area contributed by atoms with Gasteiger partial charge in [-0.1, -0.05) is 12.1 Å². The lowest BCUT2D eigenvalue weighted by Crippen LogP contribution is -2.32. The molecule has 1 aliphatic heterocycles. The molecule has 0 bridgehead atoms. The van der Waals surface area contributed by atoms with Gasteiger partial charge in [-0.05, 0) is 37.0 Å². The number of nitrogens with zero attached hydrogens (tertiary/aromatic N) is 2. The van der Waals surface area contributed by atoms with Crippen molar-refractivity contribution in [3.05, 3.63) is 36.0 Å². The number of ether oxygens (including phenoxy) is 3. The van der Waals surface area contributed by atoms with E-state index < -0.39 is 0 Å². The second-order valence-electron chi connectivity index (χ2n) is 6.58. The van der Waals surface area contributed by atoms with Gasteiger partial charge in [0.2, 0.25) is 5.91 Å². The lowest BCUT2D eigenvalue weighted by molar-refractivity contribution is -0.137. The van der Waals surface area contributed by atoms with Crippen molar-refractivity contribution in [1.82, 2.24) is 9.88 Å². The monoisotopic (exact) mass is 358 g/mol. The maximum Gasteiger partial charge on any atom is 0.248 e. The molecule has 1 amide bonds. The first-order valence-corrected chi connectivity index (χ1v) is 9.03. The summed E-state index contributed by atoms with van der Waals surface area (Å²) in [5.41, 5.74) is 1.83. The molecule has 140 valence electrons. The summed E-state index contributed by atoms with van der Waals surface area (Å²) in [6.07, 6.45) is 5.15. The Morgan fingerprint density at radius 3 is 3.00 bits per heavy atom. The fourth-order valence-electron chi connectivity index (χ4n) is 3.18. The van der Waals surface area contributed by atoms with Crippen molar-refractivity contribution in [2.45, 2.75) is 31.9 Å². The van der Waals surface area contributed by atoms with E-state index in [2.05, 4.69) is 4.98 Å². The van der Waals surface area contributed by atoms with E-state index in [1.54, 1.807) is 25.3 Å². The first-order valence-electron chi connectivity index (χ1n) is 9.03. The summed E-state index contributed by atoms with van der Waals surface area (Å²) in [6, 6.07) is 7.75. The molecule has 26 heavy (non-hydrogen) atoms. The Hall–Kier alpha value is -2.18. The lowest BCUT2D eigenvalue weighted by atomic mass is 10.1. The van der Waals surface area contributed by atoms with Crippen LogP contribution in [0.4, 0.5) is 0 Å². The van der Waals surface area contributed by atoms with Gasteiger partial charge in [-0.25, -0.2) is 0 Å². The molecule has 2 heterocycles. The van der Waals surface area contributed by atoms with Gasteiger partial charge in [-0.2, -0.15) is 0 Å². The number of rotatable bonds is 7. The van der Waals surface area contributed by atoms with Gasteiger partial charge in [-0.3, -0.25) is 9.78 Å². The van der Waals surface area contributed by atoms with Gasteiger partial charge >= 0.3 is 0 Å². The molecule has 0 aliphatic carbocycles. The van der Waals surface area contributed by atoms with Crippen molar-refractivity contribution < 1.29 is 19.0 Å². The minimum absolute atomic E-state index is 0.0475. The van der Waals surface area contributed by atoms with E-state index in [1.165, 1.54) is 6.42 Å². The number of methoxy groups -OCH3 is 1. The average Bonchev–Trinajstić information content (AvgIpc) is 2.69. The molecule has 6 nitrogen and oxygen atoms in total. The molecule has 3 rings (SSSR count). The standard InChI is InChI=1S/C20H26N2O4/c1-22(19(23)14-25-13-16-6-3-4-11-26-16)12-15-8-9-18(24-2)20-17(15)7-5-10-21-20/h5,7-10,16H,3-4,6,11-14H2,1-2H3/t16-/m1/s1. The predicted octanol–water partition coefficient (Wildman–Crippen LogP) is 2.79.